The Bertz CT molecular complexity index is 5.25. The van der Waals surface area contributed by atoms with Crippen LogP contribution < -0.4 is 0 Å². The molecule has 0 rings (SSSR count). The summed E-state index contributed by atoms with van der Waals surface area (Å²) in [6.07, 6.45) is 2.04. The summed E-state index contributed by atoms with van der Waals surface area (Å²) in [6.45, 7) is 2.12. The zero-order valence-electron chi connectivity index (χ0n) is 3.09. The van der Waals surface area contributed by atoms with Gasteiger partial charge in [-0.25, -0.2) is 0 Å². The zero-order valence-corrected chi connectivity index (χ0v) is 3.84. The molecule has 0 N–H and O–H groups in total. The van der Waals surface area contributed by atoms with Crippen LogP contribution >= 0.6 is 0 Å². The first-order chi connectivity index (χ1) is 1.91. The maximum atomic E-state index is 2.21. The fourth-order valence-electron chi connectivity index (χ4n) is 0. The third kappa shape index (κ3) is 2.29. The average molecular weight is 79.5 g/mol. The van der Waals surface area contributed by atoms with Gasteiger partial charge in [-0.05, 0) is 6.92 Å². The second-order valence-electron chi connectivity index (χ2n) is 0.535. The molecule has 0 amide bonds. The fourth-order valence-corrected chi connectivity index (χ4v) is 0. The number of hydrogen-bond acceptors (Lipinski definition) is 0. The van der Waals surface area contributed by atoms with E-state index < -0.39 is 0 Å². The minimum atomic E-state index is 1.18. The average Bonchev–Trinajstić information content (AvgIpc) is 1.37. The molecule has 0 aromatic carbocycles. The standard InChI is InChI=1S/C3H8Cl/c1-3-4-2/h3H2,1-2H3/q+1. The molecule has 0 aliphatic heterocycles. The molecule has 0 aliphatic rings. The van der Waals surface area contributed by atoms with Gasteiger partial charge in [0.05, 0.1) is 0 Å². The summed E-state index contributed by atoms with van der Waals surface area (Å²) in [6, 6.07) is 0. The highest BCUT2D eigenvalue weighted by Gasteiger charge is 1.75. The molecule has 0 unspecified atom stereocenters. The molecule has 0 saturated carbocycles. The largest absolute Gasteiger partial charge is 0.169 e. The Balaban J connectivity index is 1.97. The third-order valence-electron chi connectivity index (χ3n) is 0.267. The molecule has 26 valence electrons. The van der Waals surface area contributed by atoms with E-state index in [1.807, 2.05) is 6.38 Å². The van der Waals surface area contributed by atoms with Gasteiger partial charge in [-0.1, -0.05) is 0 Å². The van der Waals surface area contributed by atoms with Crippen molar-refractivity contribution in [3.05, 3.63) is 0 Å². The minimum absolute atomic E-state index is 1.18. The maximum absolute atomic E-state index is 2.21. The van der Waals surface area contributed by atoms with Crippen LogP contribution in [0.1, 0.15) is 6.92 Å². The van der Waals surface area contributed by atoms with Crippen LogP contribution in [0.25, 0.3) is 0 Å². The third-order valence-corrected chi connectivity index (χ3v) is 0.802. The van der Waals surface area contributed by atoms with Crippen molar-refractivity contribution in [1.82, 2.24) is 0 Å². The molecule has 0 aliphatic carbocycles. The SMILES string of the molecule is CC[Cl+]C. The van der Waals surface area contributed by atoms with Crippen LogP contribution in [0.2, 0.25) is 0 Å². The Labute approximate surface area is 30.9 Å². The maximum Gasteiger partial charge on any atom is 0.169 e. The van der Waals surface area contributed by atoms with Crippen molar-refractivity contribution < 1.29 is 10.8 Å². The van der Waals surface area contributed by atoms with E-state index in [1.54, 1.807) is 0 Å². The van der Waals surface area contributed by atoms with Gasteiger partial charge >= 0.3 is 0 Å². The zero-order chi connectivity index (χ0) is 3.41. The topological polar surface area (TPSA) is 0 Å². The van der Waals surface area contributed by atoms with Gasteiger partial charge in [0.2, 0.25) is 0 Å². The smallest absolute Gasteiger partial charge is 0.00985 e. The van der Waals surface area contributed by atoms with Crippen molar-refractivity contribution in [1.29, 1.82) is 0 Å². The molecule has 0 spiro atoms. The van der Waals surface area contributed by atoms with E-state index >= 15 is 0 Å². The van der Waals surface area contributed by atoms with Crippen LogP contribution in [-0.2, 0) is 0 Å². The van der Waals surface area contributed by atoms with Gasteiger partial charge in [0.1, 0.15) is 10.8 Å². The quantitative estimate of drug-likeness (QED) is 0.407. The van der Waals surface area contributed by atoms with Gasteiger partial charge in [-0.15, -0.1) is 0 Å². The van der Waals surface area contributed by atoms with Crippen LogP contribution in [0.15, 0.2) is 0 Å². The van der Waals surface area contributed by atoms with E-state index in [9.17, 15) is 0 Å². The molecule has 0 fully saturated rings. The van der Waals surface area contributed by atoms with Crippen molar-refractivity contribution in [2.45, 2.75) is 6.92 Å². The monoisotopic (exact) mass is 79.0 g/mol. The Kier molecular flexibility index (Phi) is 3.53. The number of alkyl halides is 2. The highest BCUT2D eigenvalue weighted by atomic mass is 35.5. The second kappa shape index (κ2) is 3.29. The minimum Gasteiger partial charge on any atom is -0.00985 e. The first-order valence-corrected chi connectivity index (χ1v) is 2.64. The predicted molar refractivity (Wildman–Crippen MR) is 16.5 cm³/mol. The molecule has 0 atom stereocenters. The summed E-state index contributed by atoms with van der Waals surface area (Å²) in [5.74, 6) is 1.18. The summed E-state index contributed by atoms with van der Waals surface area (Å²) < 4.78 is 0. The molecular weight excluding hydrogens is 71.5 g/mol. The van der Waals surface area contributed by atoms with E-state index in [4.69, 9.17) is 0 Å². The van der Waals surface area contributed by atoms with Gasteiger partial charge in [-0.3, -0.25) is 0 Å². The number of rotatable bonds is 1. The molecule has 0 heterocycles. The first kappa shape index (κ1) is 4.29. The highest BCUT2D eigenvalue weighted by Crippen LogP contribution is 1.54. The highest BCUT2D eigenvalue weighted by molar-refractivity contribution is 3.84. The molecule has 1 heteroatoms. The Morgan fingerprint density at radius 2 is 2.00 bits per heavy atom. The van der Waals surface area contributed by atoms with E-state index in [-0.39, 0.29) is 0 Å². The lowest BCUT2D eigenvalue weighted by Crippen LogP contribution is -1.71. The fraction of sp³-hybridized carbons (Fsp3) is 1.00. The molecule has 4 heavy (non-hydrogen) atoms. The van der Waals surface area contributed by atoms with Gasteiger partial charge < -0.3 is 0 Å². The summed E-state index contributed by atoms with van der Waals surface area (Å²) in [4.78, 5) is 0. The normalized spacial score (nSPS) is 7.50. The lowest BCUT2D eigenvalue weighted by molar-refractivity contribution is -0.623. The van der Waals surface area contributed by atoms with Gasteiger partial charge in [0.15, 0.2) is 12.3 Å². The van der Waals surface area contributed by atoms with Crippen molar-refractivity contribution in [2.75, 3.05) is 12.3 Å². The Morgan fingerprint density at radius 1 is 1.75 bits per heavy atom. The van der Waals surface area contributed by atoms with Crippen molar-refractivity contribution in [3.8, 4) is 0 Å². The van der Waals surface area contributed by atoms with Crippen molar-refractivity contribution in [3.63, 3.8) is 0 Å². The van der Waals surface area contributed by atoms with Gasteiger partial charge in [-0.2, -0.15) is 0 Å². The van der Waals surface area contributed by atoms with Crippen LogP contribution in [-0.4, -0.2) is 12.3 Å². The lowest BCUT2D eigenvalue weighted by atomic mass is 11.0. The number of hydrogen-bond donors (Lipinski definition) is 0. The van der Waals surface area contributed by atoms with E-state index in [0.717, 1.165) is 0 Å². The van der Waals surface area contributed by atoms with Crippen LogP contribution in [0.5, 0.6) is 0 Å². The molecular formula is C3H8Cl+. The molecule has 0 nitrogen and oxygen atoms in total. The predicted octanol–water partition coefficient (Wildman–Crippen LogP) is 0.721. The molecule has 0 bridgehead atoms. The lowest BCUT2D eigenvalue weighted by Gasteiger charge is -1.49. The van der Waals surface area contributed by atoms with Crippen LogP contribution in [0.4, 0.5) is 0 Å². The molecule has 0 aromatic rings. The summed E-state index contributed by atoms with van der Waals surface area (Å²) in [7, 11) is 2.21. The van der Waals surface area contributed by atoms with E-state index in [1.165, 1.54) is 5.88 Å². The van der Waals surface area contributed by atoms with Crippen LogP contribution in [0, 0.1) is 10.8 Å². The summed E-state index contributed by atoms with van der Waals surface area (Å²) in [5.41, 5.74) is 0. The van der Waals surface area contributed by atoms with Gasteiger partial charge in [0.25, 0.3) is 0 Å². The van der Waals surface area contributed by atoms with Crippen molar-refractivity contribution in [2.24, 2.45) is 0 Å². The molecule has 0 saturated heterocycles. The Hall–Kier alpha value is 0.290. The van der Waals surface area contributed by atoms with Crippen molar-refractivity contribution >= 4 is 0 Å². The molecule has 0 aromatic heterocycles. The second-order valence-corrected chi connectivity index (χ2v) is 1.60. The molecule has 0 radical (unpaired) electrons. The van der Waals surface area contributed by atoms with Crippen LogP contribution in [0.3, 0.4) is 0 Å². The van der Waals surface area contributed by atoms with Gasteiger partial charge in [0, 0.05) is 0 Å². The van der Waals surface area contributed by atoms with E-state index in [2.05, 4.69) is 17.7 Å². The van der Waals surface area contributed by atoms with E-state index in [0.29, 0.717) is 0 Å². The summed E-state index contributed by atoms with van der Waals surface area (Å²) in [5, 5.41) is 0. The Morgan fingerprint density at radius 3 is 2.00 bits per heavy atom. The first-order valence-electron chi connectivity index (χ1n) is 1.35. The number of halogens is 1. The summed E-state index contributed by atoms with van der Waals surface area (Å²) >= 11 is 0.